The molecule has 0 aliphatic rings. The minimum atomic E-state index is -4.55. The van der Waals surface area contributed by atoms with E-state index in [0.29, 0.717) is 16.1 Å². The fourth-order valence-corrected chi connectivity index (χ4v) is 4.25. The third-order valence-electron chi connectivity index (χ3n) is 5.04. The molecule has 0 spiro atoms. The van der Waals surface area contributed by atoms with Crippen LogP contribution in [-0.4, -0.2) is 17.6 Å². The molecule has 0 atom stereocenters. The van der Waals surface area contributed by atoms with Crippen molar-refractivity contribution in [2.24, 2.45) is 0 Å². The number of carbonyl (C=O) groups is 2. The van der Waals surface area contributed by atoms with Gasteiger partial charge in [-0.2, -0.15) is 13.2 Å². The Bertz CT molecular complexity index is 1410. The monoisotopic (exact) mass is 514 g/mol. The van der Waals surface area contributed by atoms with Crippen LogP contribution in [0.4, 0.5) is 24.5 Å². The Labute approximate surface area is 208 Å². The Balaban J connectivity index is 1.38. The van der Waals surface area contributed by atoms with Gasteiger partial charge in [0.1, 0.15) is 0 Å². The molecular weight excluding hydrogens is 497 g/mol. The maximum Gasteiger partial charge on any atom is 0.416 e. The van der Waals surface area contributed by atoms with Crippen molar-refractivity contribution in [3.05, 3.63) is 101 Å². The van der Waals surface area contributed by atoms with Crippen molar-refractivity contribution in [2.45, 2.75) is 11.1 Å². The van der Waals surface area contributed by atoms with Crippen molar-refractivity contribution >= 4 is 57.3 Å². The lowest BCUT2D eigenvalue weighted by molar-refractivity contribution is -0.137. The summed E-state index contributed by atoms with van der Waals surface area (Å²) < 4.78 is 38.8. The van der Waals surface area contributed by atoms with E-state index >= 15 is 0 Å². The average Bonchev–Trinajstić information content (AvgIpc) is 2.83. The third kappa shape index (κ3) is 6.35. The van der Waals surface area contributed by atoms with Gasteiger partial charge in [-0.15, -0.1) is 11.8 Å². The first-order valence-corrected chi connectivity index (χ1v) is 11.7. The molecule has 2 amide bonds. The summed E-state index contributed by atoms with van der Waals surface area (Å²) in [5.41, 5.74) is 0.0526. The molecule has 0 aromatic heterocycles. The smallest absolute Gasteiger partial charge is 0.324 e. The Morgan fingerprint density at radius 1 is 0.829 bits per heavy atom. The van der Waals surface area contributed by atoms with Gasteiger partial charge in [-0.3, -0.25) is 9.59 Å². The quantitative estimate of drug-likeness (QED) is 0.262. The predicted octanol–water partition coefficient (Wildman–Crippen LogP) is 7.50. The first kappa shape index (κ1) is 24.6. The molecule has 35 heavy (non-hydrogen) atoms. The highest BCUT2D eigenvalue weighted by molar-refractivity contribution is 8.00. The van der Waals surface area contributed by atoms with Crippen LogP contribution < -0.4 is 10.6 Å². The van der Waals surface area contributed by atoms with Crippen LogP contribution in [0.1, 0.15) is 15.9 Å². The summed E-state index contributed by atoms with van der Waals surface area (Å²) >= 11 is 7.10. The van der Waals surface area contributed by atoms with Crippen molar-refractivity contribution < 1.29 is 22.8 Å². The number of amides is 2. The molecule has 0 saturated carbocycles. The standard InChI is InChI=1S/C26H18ClF3N2O2S/c27-22-11-10-19(26(28,29)30)13-23(22)32-24(33)15-35-21-7-3-6-20(14-21)31-25(34)18-9-8-16-4-1-2-5-17(16)12-18/h1-14H,15H2,(H,31,34)(H,32,33). The zero-order valence-electron chi connectivity index (χ0n) is 18.0. The summed E-state index contributed by atoms with van der Waals surface area (Å²) in [6, 6.07) is 22.9. The number of anilines is 2. The van der Waals surface area contributed by atoms with Crippen LogP contribution in [0.5, 0.6) is 0 Å². The number of alkyl halides is 3. The van der Waals surface area contributed by atoms with Gasteiger partial charge in [-0.1, -0.05) is 48.0 Å². The lowest BCUT2D eigenvalue weighted by Gasteiger charge is -2.12. The summed E-state index contributed by atoms with van der Waals surface area (Å²) in [7, 11) is 0. The normalized spacial score (nSPS) is 11.3. The molecule has 0 unspecified atom stereocenters. The molecule has 0 aliphatic carbocycles. The summed E-state index contributed by atoms with van der Waals surface area (Å²) in [5, 5.41) is 7.25. The molecule has 0 saturated heterocycles. The van der Waals surface area contributed by atoms with E-state index in [4.69, 9.17) is 11.6 Å². The van der Waals surface area contributed by atoms with Gasteiger partial charge in [-0.25, -0.2) is 0 Å². The number of rotatable bonds is 6. The summed E-state index contributed by atoms with van der Waals surface area (Å²) in [6.07, 6.45) is -4.55. The van der Waals surface area contributed by atoms with Gasteiger partial charge in [0, 0.05) is 16.1 Å². The molecule has 0 heterocycles. The molecule has 178 valence electrons. The topological polar surface area (TPSA) is 58.2 Å². The van der Waals surface area contributed by atoms with Gasteiger partial charge in [0.15, 0.2) is 0 Å². The Hall–Kier alpha value is -3.49. The van der Waals surface area contributed by atoms with Gasteiger partial charge in [-0.05, 0) is 59.3 Å². The summed E-state index contributed by atoms with van der Waals surface area (Å²) in [4.78, 5) is 25.7. The first-order valence-electron chi connectivity index (χ1n) is 10.4. The zero-order valence-corrected chi connectivity index (χ0v) is 19.6. The molecule has 0 radical (unpaired) electrons. The van der Waals surface area contributed by atoms with Crippen LogP contribution in [0.25, 0.3) is 10.8 Å². The number of hydrogen-bond acceptors (Lipinski definition) is 3. The highest BCUT2D eigenvalue weighted by atomic mass is 35.5. The fourth-order valence-electron chi connectivity index (χ4n) is 3.33. The van der Waals surface area contributed by atoms with Gasteiger partial charge >= 0.3 is 6.18 Å². The van der Waals surface area contributed by atoms with Crippen LogP contribution in [0.3, 0.4) is 0 Å². The van der Waals surface area contributed by atoms with E-state index in [2.05, 4.69) is 10.6 Å². The number of benzene rings is 4. The lowest BCUT2D eigenvalue weighted by atomic mass is 10.1. The largest absolute Gasteiger partial charge is 0.416 e. The van der Waals surface area contributed by atoms with E-state index in [-0.39, 0.29) is 22.4 Å². The SMILES string of the molecule is O=C(CSc1cccc(NC(=O)c2ccc3ccccc3c2)c1)Nc1cc(C(F)(F)F)ccc1Cl. The van der Waals surface area contributed by atoms with Crippen molar-refractivity contribution in [1.29, 1.82) is 0 Å². The van der Waals surface area contributed by atoms with E-state index in [0.717, 1.165) is 29.0 Å². The lowest BCUT2D eigenvalue weighted by Crippen LogP contribution is -2.15. The number of halogens is 4. The van der Waals surface area contributed by atoms with Gasteiger partial charge in [0.2, 0.25) is 5.91 Å². The third-order valence-corrected chi connectivity index (χ3v) is 6.36. The fraction of sp³-hybridized carbons (Fsp3) is 0.0769. The van der Waals surface area contributed by atoms with Gasteiger partial charge in [0.25, 0.3) is 5.91 Å². The molecule has 0 bridgehead atoms. The van der Waals surface area contributed by atoms with Crippen LogP contribution in [0.2, 0.25) is 5.02 Å². The number of carbonyl (C=O) groups excluding carboxylic acids is 2. The maximum atomic E-state index is 12.9. The molecule has 4 aromatic carbocycles. The van der Waals surface area contributed by atoms with E-state index in [1.165, 1.54) is 11.8 Å². The second-order valence-electron chi connectivity index (χ2n) is 7.57. The van der Waals surface area contributed by atoms with Crippen LogP contribution in [-0.2, 0) is 11.0 Å². The van der Waals surface area contributed by atoms with Crippen molar-refractivity contribution in [1.82, 2.24) is 0 Å². The zero-order chi connectivity index (χ0) is 25.0. The van der Waals surface area contributed by atoms with Crippen LogP contribution >= 0.6 is 23.4 Å². The predicted molar refractivity (Wildman–Crippen MR) is 134 cm³/mol. The number of hydrogen-bond donors (Lipinski definition) is 2. The van der Waals surface area contributed by atoms with Gasteiger partial charge in [0.05, 0.1) is 22.0 Å². The summed E-state index contributed by atoms with van der Waals surface area (Å²) in [5.74, 6) is -0.842. The molecule has 0 aliphatic heterocycles. The molecule has 2 N–H and O–H groups in total. The Morgan fingerprint density at radius 2 is 1.60 bits per heavy atom. The minimum Gasteiger partial charge on any atom is -0.324 e. The molecule has 4 aromatic rings. The molecule has 4 nitrogen and oxygen atoms in total. The second-order valence-corrected chi connectivity index (χ2v) is 9.03. The molecule has 0 fully saturated rings. The Kier molecular flexibility index (Phi) is 7.33. The van der Waals surface area contributed by atoms with Crippen LogP contribution in [0.15, 0.2) is 89.8 Å². The second kappa shape index (κ2) is 10.4. The summed E-state index contributed by atoms with van der Waals surface area (Å²) in [6.45, 7) is 0. The van der Waals surface area contributed by atoms with Crippen molar-refractivity contribution in [3.8, 4) is 0 Å². The van der Waals surface area contributed by atoms with Crippen LogP contribution in [0, 0.1) is 0 Å². The van der Waals surface area contributed by atoms with E-state index in [1.807, 2.05) is 36.4 Å². The van der Waals surface area contributed by atoms with Crippen molar-refractivity contribution in [2.75, 3.05) is 16.4 Å². The number of thioether (sulfide) groups is 1. The van der Waals surface area contributed by atoms with E-state index in [1.54, 1.807) is 30.3 Å². The number of nitrogens with one attached hydrogen (secondary N) is 2. The molecular formula is C26H18ClF3N2O2S. The molecule has 4 rings (SSSR count). The Morgan fingerprint density at radius 3 is 2.37 bits per heavy atom. The van der Waals surface area contributed by atoms with E-state index in [9.17, 15) is 22.8 Å². The number of fused-ring (bicyclic) bond motifs is 1. The van der Waals surface area contributed by atoms with Gasteiger partial charge < -0.3 is 10.6 Å². The first-order chi connectivity index (χ1) is 16.7. The van der Waals surface area contributed by atoms with E-state index < -0.39 is 17.6 Å². The maximum absolute atomic E-state index is 12.9. The average molecular weight is 515 g/mol. The highest BCUT2D eigenvalue weighted by Gasteiger charge is 2.31. The minimum absolute atomic E-state index is 0.00903. The molecule has 9 heteroatoms. The van der Waals surface area contributed by atoms with Crippen molar-refractivity contribution in [3.63, 3.8) is 0 Å². The highest BCUT2D eigenvalue weighted by Crippen LogP contribution is 2.34.